The van der Waals surface area contributed by atoms with Crippen LogP contribution in [0.15, 0.2) is 0 Å². The standard InChI is InChI=1S/C44H88NO11P/c1-3-5-7-9-11-13-15-16-17-18-19-20-21-22-24-26-28-30-32-34-38(47)45-36(37(46)33-31-29-27-25-23-14-12-10-8-6-4-2)35-55-57(53,54)56-44-42(51)40(49)39(48)41(50)43(44)52/h36-37,39-44,46,48-52H,3-35H2,1-2H3,(H,45,47)(H,53,54)/t36-,37+,39?,40+,41?,42?,43?,44?/m0/s1. The molecule has 13 heteroatoms. The fourth-order valence-electron chi connectivity index (χ4n) is 7.79. The molecule has 6 unspecified atom stereocenters. The van der Waals surface area contributed by atoms with Crippen molar-refractivity contribution in [2.24, 2.45) is 0 Å². The third kappa shape index (κ3) is 27.0. The van der Waals surface area contributed by atoms with Gasteiger partial charge in [0.2, 0.25) is 5.91 Å². The van der Waals surface area contributed by atoms with E-state index < -0.39 is 63.2 Å². The van der Waals surface area contributed by atoms with Gasteiger partial charge in [0.25, 0.3) is 0 Å². The molecule has 0 aromatic heterocycles. The Hall–Kier alpha value is -0.660. The minimum atomic E-state index is -5.05. The Morgan fingerprint density at radius 3 is 1.21 bits per heavy atom. The van der Waals surface area contributed by atoms with E-state index in [1.165, 1.54) is 141 Å². The van der Waals surface area contributed by atoms with E-state index in [1.807, 2.05) is 0 Å². The largest absolute Gasteiger partial charge is 0.472 e. The fourth-order valence-corrected chi connectivity index (χ4v) is 8.76. The smallest absolute Gasteiger partial charge is 0.391 e. The molecule has 0 bridgehead atoms. The number of amides is 1. The van der Waals surface area contributed by atoms with Crippen molar-refractivity contribution < 1.29 is 53.9 Å². The lowest BCUT2D eigenvalue weighted by molar-refractivity contribution is -0.220. The summed E-state index contributed by atoms with van der Waals surface area (Å²) in [4.78, 5) is 23.4. The number of carbonyl (C=O) groups is 1. The maximum absolute atomic E-state index is 12.9. The molecule has 0 heterocycles. The van der Waals surface area contributed by atoms with Gasteiger partial charge in [0.15, 0.2) is 0 Å². The van der Waals surface area contributed by atoms with E-state index in [0.29, 0.717) is 19.3 Å². The molecule has 0 saturated heterocycles. The number of aliphatic hydroxyl groups excluding tert-OH is 6. The van der Waals surface area contributed by atoms with E-state index in [0.717, 1.165) is 38.5 Å². The molecular weight excluding hydrogens is 749 g/mol. The molecule has 0 aromatic carbocycles. The van der Waals surface area contributed by atoms with Crippen molar-refractivity contribution in [3.8, 4) is 0 Å². The number of hydrogen-bond acceptors (Lipinski definition) is 10. The molecule has 340 valence electrons. The Morgan fingerprint density at radius 1 is 0.526 bits per heavy atom. The fraction of sp³-hybridized carbons (Fsp3) is 0.977. The maximum atomic E-state index is 12.9. The summed E-state index contributed by atoms with van der Waals surface area (Å²) in [6.45, 7) is 3.89. The van der Waals surface area contributed by atoms with Gasteiger partial charge in [-0.15, -0.1) is 0 Å². The number of phosphoric ester groups is 1. The minimum Gasteiger partial charge on any atom is -0.391 e. The van der Waals surface area contributed by atoms with Gasteiger partial charge in [-0.25, -0.2) is 4.57 Å². The van der Waals surface area contributed by atoms with E-state index in [-0.39, 0.29) is 12.3 Å². The van der Waals surface area contributed by atoms with Gasteiger partial charge in [-0.1, -0.05) is 200 Å². The van der Waals surface area contributed by atoms with Crippen LogP contribution in [-0.2, 0) is 18.4 Å². The zero-order valence-corrected chi connectivity index (χ0v) is 37.1. The van der Waals surface area contributed by atoms with Gasteiger partial charge in [0.1, 0.15) is 36.6 Å². The first-order valence-electron chi connectivity index (χ1n) is 23.5. The molecule has 1 amide bonds. The summed E-state index contributed by atoms with van der Waals surface area (Å²) in [6.07, 6.45) is 24.3. The summed E-state index contributed by atoms with van der Waals surface area (Å²) >= 11 is 0. The topological polar surface area (TPSA) is 206 Å². The van der Waals surface area contributed by atoms with Crippen molar-refractivity contribution in [2.75, 3.05) is 6.61 Å². The van der Waals surface area contributed by atoms with E-state index in [4.69, 9.17) is 9.05 Å². The molecule has 0 aliphatic heterocycles. The molecule has 1 saturated carbocycles. The van der Waals surface area contributed by atoms with Crippen molar-refractivity contribution in [1.82, 2.24) is 5.32 Å². The predicted molar refractivity (Wildman–Crippen MR) is 228 cm³/mol. The van der Waals surface area contributed by atoms with Crippen LogP contribution in [0, 0.1) is 0 Å². The Labute approximate surface area is 346 Å². The summed E-state index contributed by atoms with van der Waals surface area (Å²) in [7, 11) is -5.05. The Bertz CT molecular complexity index is 978. The number of rotatable bonds is 39. The molecule has 1 aliphatic carbocycles. The van der Waals surface area contributed by atoms with Crippen LogP contribution in [0.1, 0.15) is 219 Å². The van der Waals surface area contributed by atoms with Crippen molar-refractivity contribution >= 4 is 13.7 Å². The summed E-state index contributed by atoms with van der Waals surface area (Å²) < 4.78 is 22.9. The SMILES string of the molecule is CCCCCCCCCCCCCCCCCCCCCC(=O)N[C@@H](COP(=O)(O)OC1C(O)C(O)C(O)[C@@H](O)C1O)[C@H](O)CCCCCCCCCCCCC. The van der Waals surface area contributed by atoms with Crippen LogP contribution in [0.2, 0.25) is 0 Å². The molecule has 1 aliphatic rings. The summed E-state index contributed by atoms with van der Waals surface area (Å²) in [5, 5.41) is 64.0. The Balaban J connectivity index is 2.41. The summed E-state index contributed by atoms with van der Waals surface area (Å²) in [5.74, 6) is -0.305. The monoisotopic (exact) mass is 838 g/mol. The lowest BCUT2D eigenvalue weighted by Crippen LogP contribution is -2.64. The van der Waals surface area contributed by atoms with E-state index in [2.05, 4.69) is 19.2 Å². The van der Waals surface area contributed by atoms with Crippen molar-refractivity contribution in [3.05, 3.63) is 0 Å². The Kier molecular flexibility index (Phi) is 33.4. The van der Waals surface area contributed by atoms with Gasteiger partial charge in [-0.3, -0.25) is 13.8 Å². The number of carbonyl (C=O) groups excluding carboxylic acids is 1. The molecule has 57 heavy (non-hydrogen) atoms. The first-order valence-corrected chi connectivity index (χ1v) is 25.0. The van der Waals surface area contributed by atoms with Crippen molar-refractivity contribution in [2.45, 2.75) is 268 Å². The second-order valence-corrected chi connectivity index (χ2v) is 18.4. The quantitative estimate of drug-likeness (QED) is 0.0217. The highest BCUT2D eigenvalue weighted by atomic mass is 31.2. The molecule has 0 aromatic rings. The molecule has 1 rings (SSSR count). The number of phosphoric acid groups is 1. The highest BCUT2D eigenvalue weighted by Crippen LogP contribution is 2.47. The second-order valence-electron chi connectivity index (χ2n) is 17.0. The third-order valence-electron chi connectivity index (χ3n) is 11.7. The van der Waals surface area contributed by atoms with Gasteiger partial charge < -0.3 is 40.8 Å². The van der Waals surface area contributed by atoms with Gasteiger partial charge in [0.05, 0.1) is 18.8 Å². The summed E-state index contributed by atoms with van der Waals surface area (Å²) in [6, 6.07) is -1.02. The Morgan fingerprint density at radius 2 is 0.842 bits per heavy atom. The average molecular weight is 838 g/mol. The van der Waals surface area contributed by atoms with Crippen molar-refractivity contribution in [1.29, 1.82) is 0 Å². The molecule has 0 radical (unpaired) electrons. The van der Waals surface area contributed by atoms with Crippen LogP contribution in [0.25, 0.3) is 0 Å². The zero-order chi connectivity index (χ0) is 42.2. The molecular formula is C44H88NO11P. The number of hydrogen-bond donors (Lipinski definition) is 8. The molecule has 9 atom stereocenters. The maximum Gasteiger partial charge on any atom is 0.472 e. The van der Waals surface area contributed by atoms with Crippen LogP contribution in [-0.4, -0.2) is 96.8 Å². The van der Waals surface area contributed by atoms with Gasteiger partial charge in [-0.2, -0.15) is 0 Å². The van der Waals surface area contributed by atoms with Crippen LogP contribution in [0.4, 0.5) is 0 Å². The molecule has 1 fully saturated rings. The van der Waals surface area contributed by atoms with Crippen LogP contribution >= 0.6 is 7.82 Å². The van der Waals surface area contributed by atoms with E-state index in [9.17, 15) is 44.9 Å². The minimum absolute atomic E-state index is 0.242. The number of unbranched alkanes of at least 4 members (excludes halogenated alkanes) is 28. The van der Waals surface area contributed by atoms with Crippen molar-refractivity contribution in [3.63, 3.8) is 0 Å². The summed E-state index contributed by atoms with van der Waals surface area (Å²) in [5.41, 5.74) is 0. The van der Waals surface area contributed by atoms with Crippen LogP contribution in [0.5, 0.6) is 0 Å². The first kappa shape index (κ1) is 54.4. The predicted octanol–water partition coefficient (Wildman–Crippen LogP) is 8.68. The third-order valence-corrected chi connectivity index (χ3v) is 12.7. The van der Waals surface area contributed by atoms with E-state index >= 15 is 0 Å². The molecule has 8 N–H and O–H groups in total. The van der Waals surface area contributed by atoms with Gasteiger partial charge in [0, 0.05) is 6.42 Å². The molecule has 0 spiro atoms. The normalized spacial score (nSPS) is 23.3. The van der Waals surface area contributed by atoms with Gasteiger partial charge in [-0.05, 0) is 12.8 Å². The van der Waals surface area contributed by atoms with Gasteiger partial charge >= 0.3 is 7.82 Å². The lowest BCUT2D eigenvalue weighted by atomic mass is 9.85. The lowest BCUT2D eigenvalue weighted by Gasteiger charge is -2.41. The second kappa shape index (κ2) is 35.0. The molecule has 12 nitrogen and oxygen atoms in total. The number of nitrogens with one attached hydrogen (secondary N) is 1. The number of aliphatic hydroxyl groups is 6. The van der Waals surface area contributed by atoms with Crippen LogP contribution < -0.4 is 5.32 Å². The first-order chi connectivity index (χ1) is 27.4. The average Bonchev–Trinajstić information content (AvgIpc) is 3.19. The van der Waals surface area contributed by atoms with E-state index in [1.54, 1.807) is 0 Å². The van der Waals surface area contributed by atoms with Crippen LogP contribution in [0.3, 0.4) is 0 Å². The zero-order valence-electron chi connectivity index (χ0n) is 36.2. The highest BCUT2D eigenvalue weighted by Gasteiger charge is 2.51. The highest BCUT2D eigenvalue weighted by molar-refractivity contribution is 7.47.